The van der Waals surface area contributed by atoms with Gasteiger partial charge >= 0.3 is 5.24 Å². The molecule has 2 nitrogen and oxygen atoms in total. The van der Waals surface area contributed by atoms with Crippen LogP contribution in [0.3, 0.4) is 0 Å². The van der Waals surface area contributed by atoms with Crippen molar-refractivity contribution in [3.05, 3.63) is 11.8 Å². The highest BCUT2D eigenvalue weighted by Gasteiger charge is 2.12. The van der Waals surface area contributed by atoms with Crippen LogP contribution in [-0.4, -0.2) is 11.8 Å². The zero-order valence-corrected chi connectivity index (χ0v) is 5.33. The lowest BCUT2D eigenvalue weighted by atomic mass is 10.5. The summed E-state index contributed by atoms with van der Waals surface area (Å²) in [6.45, 7) is 2.38. The second-order valence-electron chi connectivity index (χ2n) is 1.40. The van der Waals surface area contributed by atoms with Crippen molar-refractivity contribution >= 4 is 17.5 Å². The van der Waals surface area contributed by atoms with Crippen molar-refractivity contribution in [2.75, 3.05) is 6.61 Å². The molecule has 0 radical (unpaired) electrons. The summed E-state index contributed by atoms with van der Waals surface area (Å²) < 4.78 is 9.68. The molecule has 0 aromatic rings. The number of allylic oxidation sites excluding steroid dienone is 1. The highest BCUT2D eigenvalue weighted by molar-refractivity contribution is 7.79. The van der Waals surface area contributed by atoms with Gasteiger partial charge < -0.3 is 9.47 Å². The second-order valence-corrected chi connectivity index (χ2v) is 1.73. The average Bonchev–Trinajstić information content (AvgIpc) is 2.14. The van der Waals surface area contributed by atoms with Crippen molar-refractivity contribution in [1.29, 1.82) is 0 Å². The van der Waals surface area contributed by atoms with E-state index in [2.05, 4.69) is 12.2 Å². The first-order chi connectivity index (χ1) is 3.83. The van der Waals surface area contributed by atoms with Crippen molar-refractivity contribution in [2.24, 2.45) is 0 Å². The van der Waals surface area contributed by atoms with Gasteiger partial charge in [0.2, 0.25) is 0 Å². The van der Waals surface area contributed by atoms with E-state index in [0.29, 0.717) is 6.61 Å². The zero-order valence-electron chi connectivity index (χ0n) is 4.51. The van der Waals surface area contributed by atoms with Gasteiger partial charge in [-0.2, -0.15) is 0 Å². The lowest BCUT2D eigenvalue weighted by molar-refractivity contribution is 0.357. The maximum Gasteiger partial charge on any atom is 0.358 e. The Balaban J connectivity index is 2.56. The molecule has 0 saturated carbocycles. The molecule has 0 spiro atoms. The molecule has 0 unspecified atom stereocenters. The van der Waals surface area contributed by atoms with Gasteiger partial charge in [-0.25, -0.2) is 0 Å². The Morgan fingerprint density at radius 1 is 1.75 bits per heavy atom. The number of hydrogen-bond acceptors (Lipinski definition) is 3. The van der Waals surface area contributed by atoms with E-state index in [1.165, 1.54) is 0 Å². The first kappa shape index (κ1) is 5.56. The summed E-state index contributed by atoms with van der Waals surface area (Å²) in [4.78, 5) is 0. The fraction of sp³-hybridized carbons (Fsp3) is 0.400. The van der Waals surface area contributed by atoms with Gasteiger partial charge in [-0.1, -0.05) is 0 Å². The molecule has 0 N–H and O–H groups in total. The third-order valence-corrected chi connectivity index (χ3v) is 1.07. The molecular formula is C5H6O2S. The van der Waals surface area contributed by atoms with Gasteiger partial charge in [0, 0.05) is 12.2 Å². The Bertz CT molecular complexity index is 139. The average molecular weight is 130 g/mol. The molecule has 0 aromatic heterocycles. The van der Waals surface area contributed by atoms with E-state index in [0.717, 1.165) is 5.76 Å². The zero-order chi connectivity index (χ0) is 5.98. The van der Waals surface area contributed by atoms with Crippen LogP contribution >= 0.6 is 12.2 Å². The minimum absolute atomic E-state index is 0.234. The third-order valence-electron chi connectivity index (χ3n) is 0.869. The van der Waals surface area contributed by atoms with Gasteiger partial charge in [-0.15, -0.1) is 0 Å². The van der Waals surface area contributed by atoms with Crippen LogP contribution in [0.4, 0.5) is 0 Å². The van der Waals surface area contributed by atoms with Crippen molar-refractivity contribution in [1.82, 2.24) is 0 Å². The number of hydrogen-bond donors (Lipinski definition) is 0. The van der Waals surface area contributed by atoms with E-state index in [-0.39, 0.29) is 5.24 Å². The molecule has 8 heavy (non-hydrogen) atoms. The van der Waals surface area contributed by atoms with Gasteiger partial charge in [-0.3, -0.25) is 0 Å². The monoisotopic (exact) mass is 130 g/mol. The molecule has 3 heteroatoms. The Hall–Kier alpha value is -0.570. The van der Waals surface area contributed by atoms with Crippen molar-refractivity contribution in [3.8, 4) is 0 Å². The second kappa shape index (κ2) is 2.13. The van der Waals surface area contributed by atoms with Crippen LogP contribution in [0.25, 0.3) is 0 Å². The first-order valence-electron chi connectivity index (χ1n) is 2.32. The Morgan fingerprint density at radius 3 is 2.75 bits per heavy atom. The molecule has 0 bridgehead atoms. The normalized spacial score (nSPS) is 23.1. The summed E-state index contributed by atoms with van der Waals surface area (Å²) in [7, 11) is 0. The summed E-state index contributed by atoms with van der Waals surface area (Å²) >= 11 is 4.58. The van der Waals surface area contributed by atoms with Gasteiger partial charge in [0.05, 0.1) is 0 Å². The van der Waals surface area contributed by atoms with Crippen molar-refractivity contribution in [3.63, 3.8) is 0 Å². The Morgan fingerprint density at radius 2 is 2.50 bits per heavy atom. The van der Waals surface area contributed by atoms with Crippen LogP contribution in [0.1, 0.15) is 6.92 Å². The van der Waals surface area contributed by atoms with E-state index in [9.17, 15) is 0 Å². The Kier molecular flexibility index (Phi) is 1.48. The van der Waals surface area contributed by atoms with Gasteiger partial charge in [0.1, 0.15) is 12.4 Å². The maximum atomic E-state index is 4.88. The minimum atomic E-state index is 0.234. The molecule has 1 saturated heterocycles. The molecule has 1 aliphatic rings. The molecule has 1 rings (SSSR count). The van der Waals surface area contributed by atoms with Crippen LogP contribution in [0.2, 0.25) is 0 Å². The maximum absolute atomic E-state index is 4.88. The predicted octanol–water partition coefficient (Wildman–Crippen LogP) is 1.22. The number of rotatable bonds is 0. The lowest BCUT2D eigenvalue weighted by Crippen LogP contribution is -1.87. The van der Waals surface area contributed by atoms with Crippen LogP contribution in [0.15, 0.2) is 11.8 Å². The Labute approximate surface area is 53.1 Å². The molecule has 44 valence electrons. The SMILES string of the molecule is CC=C1COC(=S)O1. The molecular weight excluding hydrogens is 124 g/mol. The van der Waals surface area contributed by atoms with Gasteiger partial charge in [-0.05, 0) is 13.0 Å². The van der Waals surface area contributed by atoms with Crippen LogP contribution < -0.4 is 0 Å². The molecule has 1 fully saturated rings. The largest absolute Gasteiger partial charge is 0.448 e. The minimum Gasteiger partial charge on any atom is -0.448 e. The summed E-state index contributed by atoms with van der Waals surface area (Å²) in [5.41, 5.74) is 0. The van der Waals surface area contributed by atoms with Crippen LogP contribution in [0.5, 0.6) is 0 Å². The van der Waals surface area contributed by atoms with E-state index < -0.39 is 0 Å². The van der Waals surface area contributed by atoms with Crippen molar-refractivity contribution in [2.45, 2.75) is 6.92 Å². The number of ether oxygens (including phenoxy) is 2. The predicted molar refractivity (Wildman–Crippen MR) is 33.4 cm³/mol. The fourth-order valence-electron chi connectivity index (χ4n) is 0.438. The first-order valence-corrected chi connectivity index (χ1v) is 2.73. The molecule has 0 aliphatic carbocycles. The fourth-order valence-corrected chi connectivity index (χ4v) is 0.604. The summed E-state index contributed by atoms with van der Waals surface area (Å²) in [6, 6.07) is 0. The topological polar surface area (TPSA) is 18.5 Å². The summed E-state index contributed by atoms with van der Waals surface area (Å²) in [5.74, 6) is 0.801. The van der Waals surface area contributed by atoms with E-state index in [1.807, 2.05) is 13.0 Å². The molecule has 0 atom stereocenters. The summed E-state index contributed by atoms with van der Waals surface area (Å²) in [6.07, 6.45) is 1.83. The lowest BCUT2D eigenvalue weighted by Gasteiger charge is -1.86. The molecule has 1 heterocycles. The quantitative estimate of drug-likeness (QED) is 0.459. The highest BCUT2D eigenvalue weighted by Crippen LogP contribution is 2.08. The molecule has 0 aromatic carbocycles. The van der Waals surface area contributed by atoms with Gasteiger partial charge in [0.15, 0.2) is 0 Å². The third kappa shape index (κ3) is 0.980. The highest BCUT2D eigenvalue weighted by atomic mass is 32.1. The van der Waals surface area contributed by atoms with Crippen molar-refractivity contribution < 1.29 is 9.47 Å². The smallest absolute Gasteiger partial charge is 0.358 e. The summed E-state index contributed by atoms with van der Waals surface area (Å²) in [5, 5.41) is 0.234. The van der Waals surface area contributed by atoms with E-state index in [1.54, 1.807) is 0 Å². The standard InChI is InChI=1S/C5H6O2S/c1-2-4-3-6-5(8)7-4/h2H,3H2,1H3. The van der Waals surface area contributed by atoms with E-state index in [4.69, 9.17) is 9.47 Å². The number of thiocarbonyl (C=S) groups is 1. The van der Waals surface area contributed by atoms with E-state index >= 15 is 0 Å². The van der Waals surface area contributed by atoms with Crippen LogP contribution in [0, 0.1) is 0 Å². The van der Waals surface area contributed by atoms with Gasteiger partial charge in [0.25, 0.3) is 0 Å². The molecule has 1 aliphatic heterocycles. The van der Waals surface area contributed by atoms with Crippen LogP contribution in [-0.2, 0) is 9.47 Å². The molecule has 0 amide bonds.